The van der Waals surface area contributed by atoms with Gasteiger partial charge in [-0.15, -0.1) is 0 Å². The Labute approximate surface area is 154 Å². The summed E-state index contributed by atoms with van der Waals surface area (Å²) in [4.78, 5) is 23.2. The molecule has 0 spiro atoms. The molecule has 26 heavy (non-hydrogen) atoms. The van der Waals surface area contributed by atoms with Crippen LogP contribution in [-0.4, -0.2) is 57.4 Å². The van der Waals surface area contributed by atoms with Gasteiger partial charge in [-0.2, -0.15) is 5.10 Å². The average molecular weight is 357 g/mol. The zero-order valence-corrected chi connectivity index (χ0v) is 16.0. The lowest BCUT2D eigenvalue weighted by atomic mass is 9.92. The molecule has 0 atom stereocenters. The molecule has 0 bridgehead atoms. The molecule has 0 aliphatic carbocycles. The number of carbonyl (C=O) groups is 1. The van der Waals surface area contributed by atoms with Crippen molar-refractivity contribution in [3.63, 3.8) is 0 Å². The van der Waals surface area contributed by atoms with E-state index in [1.807, 2.05) is 28.8 Å². The number of hydrogen-bond acceptors (Lipinski definition) is 5. The predicted molar refractivity (Wildman–Crippen MR) is 98.8 cm³/mol. The fourth-order valence-corrected chi connectivity index (χ4v) is 3.50. The van der Waals surface area contributed by atoms with E-state index in [1.165, 1.54) is 0 Å². The van der Waals surface area contributed by atoms with Gasteiger partial charge in [-0.3, -0.25) is 9.48 Å². The van der Waals surface area contributed by atoms with Crippen molar-refractivity contribution >= 4 is 5.91 Å². The van der Waals surface area contributed by atoms with E-state index in [1.54, 1.807) is 7.11 Å². The number of amides is 1. The Kier molecular flexibility index (Phi) is 5.66. The van der Waals surface area contributed by atoms with Gasteiger partial charge in [0.25, 0.3) is 0 Å². The summed E-state index contributed by atoms with van der Waals surface area (Å²) in [6.45, 7) is 7.79. The summed E-state index contributed by atoms with van der Waals surface area (Å²) in [5.74, 6) is 1.18. The van der Waals surface area contributed by atoms with Gasteiger partial charge in [0.2, 0.25) is 5.91 Å². The van der Waals surface area contributed by atoms with E-state index < -0.39 is 0 Å². The molecule has 140 valence electrons. The standard InChI is InChI=1S/C19H27N5O2/c1-13(2)24-18(5-8-20-24)17-11-16(21-14(3)22-17)15-6-9-23(10-7-15)19(25)12-26-4/h5,8,11,13,15H,6-7,9-10,12H2,1-4H3. The molecule has 1 aliphatic heterocycles. The Bertz CT molecular complexity index is 763. The Hall–Kier alpha value is -2.28. The van der Waals surface area contributed by atoms with E-state index in [-0.39, 0.29) is 18.6 Å². The van der Waals surface area contributed by atoms with Crippen LogP contribution in [0.25, 0.3) is 11.4 Å². The number of carbonyl (C=O) groups excluding carboxylic acids is 1. The lowest BCUT2D eigenvalue weighted by Gasteiger charge is -2.31. The van der Waals surface area contributed by atoms with Gasteiger partial charge in [0, 0.05) is 44.0 Å². The van der Waals surface area contributed by atoms with Gasteiger partial charge in [0.05, 0.1) is 11.4 Å². The molecule has 2 aromatic heterocycles. The first-order valence-corrected chi connectivity index (χ1v) is 9.15. The van der Waals surface area contributed by atoms with Crippen LogP contribution in [0.1, 0.15) is 50.2 Å². The first-order chi connectivity index (χ1) is 12.5. The molecule has 1 amide bonds. The van der Waals surface area contributed by atoms with Gasteiger partial charge in [0.15, 0.2) is 0 Å². The molecular weight excluding hydrogens is 330 g/mol. The van der Waals surface area contributed by atoms with Gasteiger partial charge in [0.1, 0.15) is 12.4 Å². The number of methoxy groups -OCH3 is 1. The largest absolute Gasteiger partial charge is 0.375 e. The third-order valence-electron chi connectivity index (χ3n) is 4.81. The zero-order chi connectivity index (χ0) is 18.7. The van der Waals surface area contributed by atoms with Gasteiger partial charge < -0.3 is 9.64 Å². The van der Waals surface area contributed by atoms with Crippen LogP contribution >= 0.6 is 0 Å². The van der Waals surface area contributed by atoms with E-state index in [0.29, 0.717) is 5.92 Å². The van der Waals surface area contributed by atoms with E-state index >= 15 is 0 Å². The quantitative estimate of drug-likeness (QED) is 0.822. The zero-order valence-electron chi connectivity index (χ0n) is 16.0. The fourth-order valence-electron chi connectivity index (χ4n) is 3.50. The minimum Gasteiger partial charge on any atom is -0.375 e. The number of likely N-dealkylation sites (tertiary alicyclic amines) is 1. The van der Waals surface area contributed by atoms with Crippen molar-refractivity contribution in [3.8, 4) is 11.4 Å². The molecular formula is C19H27N5O2. The summed E-state index contributed by atoms with van der Waals surface area (Å²) in [6.07, 6.45) is 3.63. The highest BCUT2D eigenvalue weighted by atomic mass is 16.5. The molecule has 3 heterocycles. The van der Waals surface area contributed by atoms with Crippen LogP contribution in [0.15, 0.2) is 18.3 Å². The SMILES string of the molecule is COCC(=O)N1CCC(c2cc(-c3ccnn3C(C)C)nc(C)n2)CC1. The van der Waals surface area contributed by atoms with Crippen molar-refractivity contribution in [1.29, 1.82) is 0 Å². The Morgan fingerprint density at radius 3 is 2.69 bits per heavy atom. The van der Waals surface area contributed by atoms with Gasteiger partial charge in [-0.25, -0.2) is 9.97 Å². The molecule has 0 N–H and O–H groups in total. The second-order valence-electron chi connectivity index (χ2n) is 7.07. The normalized spacial score (nSPS) is 15.7. The smallest absolute Gasteiger partial charge is 0.248 e. The summed E-state index contributed by atoms with van der Waals surface area (Å²) in [5, 5.41) is 4.41. The first kappa shape index (κ1) is 18.5. The molecule has 0 radical (unpaired) electrons. The van der Waals surface area contributed by atoms with E-state index in [4.69, 9.17) is 4.74 Å². The molecule has 3 rings (SSSR count). The lowest BCUT2D eigenvalue weighted by Crippen LogP contribution is -2.39. The van der Waals surface area contributed by atoms with Crippen molar-refractivity contribution in [1.82, 2.24) is 24.6 Å². The molecule has 2 aromatic rings. The number of nitrogens with zero attached hydrogens (tertiary/aromatic N) is 5. The molecule has 7 nitrogen and oxygen atoms in total. The Morgan fingerprint density at radius 1 is 1.31 bits per heavy atom. The number of rotatable bonds is 5. The van der Waals surface area contributed by atoms with Crippen LogP contribution in [-0.2, 0) is 9.53 Å². The fraction of sp³-hybridized carbons (Fsp3) is 0.579. The maximum Gasteiger partial charge on any atom is 0.248 e. The lowest BCUT2D eigenvalue weighted by molar-refractivity contribution is -0.136. The van der Waals surface area contributed by atoms with Crippen molar-refractivity contribution in [3.05, 3.63) is 29.8 Å². The second kappa shape index (κ2) is 7.95. The van der Waals surface area contributed by atoms with Crippen LogP contribution in [0.5, 0.6) is 0 Å². The average Bonchev–Trinajstić information content (AvgIpc) is 3.12. The monoisotopic (exact) mass is 357 g/mol. The van der Waals surface area contributed by atoms with E-state index in [2.05, 4.69) is 35.0 Å². The van der Waals surface area contributed by atoms with Crippen LogP contribution in [0.4, 0.5) is 0 Å². The van der Waals surface area contributed by atoms with Gasteiger partial charge in [-0.05, 0) is 45.7 Å². The summed E-state index contributed by atoms with van der Waals surface area (Å²) < 4.78 is 6.94. The van der Waals surface area contributed by atoms with Crippen LogP contribution in [0.2, 0.25) is 0 Å². The Balaban J connectivity index is 1.79. The summed E-state index contributed by atoms with van der Waals surface area (Å²) >= 11 is 0. The number of piperidine rings is 1. The summed E-state index contributed by atoms with van der Waals surface area (Å²) in [7, 11) is 1.55. The van der Waals surface area contributed by atoms with Crippen LogP contribution in [0, 0.1) is 6.92 Å². The van der Waals surface area contributed by atoms with Crippen LogP contribution in [0.3, 0.4) is 0 Å². The summed E-state index contributed by atoms with van der Waals surface area (Å²) in [6, 6.07) is 4.35. The number of aromatic nitrogens is 4. The molecule has 1 fully saturated rings. The van der Waals surface area contributed by atoms with Crippen molar-refractivity contribution in [2.45, 2.75) is 45.6 Å². The van der Waals surface area contributed by atoms with E-state index in [9.17, 15) is 4.79 Å². The number of hydrogen-bond donors (Lipinski definition) is 0. The van der Waals surface area contributed by atoms with E-state index in [0.717, 1.165) is 48.8 Å². The van der Waals surface area contributed by atoms with Crippen molar-refractivity contribution < 1.29 is 9.53 Å². The topological polar surface area (TPSA) is 73.1 Å². The molecule has 1 saturated heterocycles. The third kappa shape index (κ3) is 3.93. The maximum atomic E-state index is 12.0. The molecule has 7 heteroatoms. The molecule has 0 saturated carbocycles. The highest BCUT2D eigenvalue weighted by Gasteiger charge is 2.25. The number of ether oxygens (including phenoxy) is 1. The van der Waals surface area contributed by atoms with Crippen molar-refractivity contribution in [2.24, 2.45) is 0 Å². The molecule has 0 unspecified atom stereocenters. The Morgan fingerprint density at radius 2 is 2.04 bits per heavy atom. The predicted octanol–water partition coefficient (Wildman–Crippen LogP) is 2.58. The highest BCUT2D eigenvalue weighted by molar-refractivity contribution is 5.77. The second-order valence-corrected chi connectivity index (χ2v) is 7.07. The minimum atomic E-state index is 0.0614. The minimum absolute atomic E-state index is 0.0614. The maximum absolute atomic E-state index is 12.0. The number of aryl methyl sites for hydroxylation is 1. The summed E-state index contributed by atoms with van der Waals surface area (Å²) in [5.41, 5.74) is 2.99. The third-order valence-corrected chi connectivity index (χ3v) is 4.81. The first-order valence-electron chi connectivity index (χ1n) is 9.15. The molecule has 1 aliphatic rings. The molecule has 0 aromatic carbocycles. The highest BCUT2D eigenvalue weighted by Crippen LogP contribution is 2.29. The van der Waals surface area contributed by atoms with Gasteiger partial charge >= 0.3 is 0 Å². The van der Waals surface area contributed by atoms with Gasteiger partial charge in [-0.1, -0.05) is 0 Å². The van der Waals surface area contributed by atoms with Crippen molar-refractivity contribution in [2.75, 3.05) is 26.8 Å². The van der Waals surface area contributed by atoms with Crippen LogP contribution < -0.4 is 0 Å².